The monoisotopic (exact) mass is 458 g/mol. The minimum absolute atomic E-state index is 0.145. The van der Waals surface area contributed by atoms with Crippen molar-refractivity contribution >= 4 is 34.8 Å². The van der Waals surface area contributed by atoms with E-state index in [1.807, 2.05) is 60.7 Å². The first-order valence-corrected chi connectivity index (χ1v) is 11.1. The summed E-state index contributed by atoms with van der Waals surface area (Å²) in [6, 6.07) is 24.3. The van der Waals surface area contributed by atoms with E-state index in [0.29, 0.717) is 22.7 Å². The average molecular weight is 459 g/mol. The van der Waals surface area contributed by atoms with Gasteiger partial charge in [0.1, 0.15) is 12.0 Å². The predicted octanol–water partition coefficient (Wildman–Crippen LogP) is 6.59. The molecule has 0 radical (unpaired) electrons. The van der Waals surface area contributed by atoms with E-state index in [-0.39, 0.29) is 11.3 Å². The van der Waals surface area contributed by atoms with Crippen LogP contribution >= 0.6 is 23.2 Å². The molecule has 5 heteroatoms. The number of hydrogen-bond acceptors (Lipinski definition) is 2. The van der Waals surface area contributed by atoms with Gasteiger partial charge in [-0.15, -0.1) is 0 Å². The topological polar surface area (TPSA) is 52.9 Å². The highest BCUT2D eigenvalue weighted by molar-refractivity contribution is 6.32. The first-order chi connectivity index (χ1) is 15.5. The molecule has 1 atom stereocenters. The van der Waals surface area contributed by atoms with Crippen molar-refractivity contribution in [2.24, 2.45) is 5.92 Å². The molecule has 1 fully saturated rings. The lowest BCUT2D eigenvalue weighted by Gasteiger charge is -2.21. The van der Waals surface area contributed by atoms with Crippen molar-refractivity contribution in [2.75, 3.05) is 5.32 Å². The lowest BCUT2D eigenvalue weighted by Crippen LogP contribution is -2.26. The van der Waals surface area contributed by atoms with Crippen molar-refractivity contribution in [3.63, 3.8) is 0 Å². The van der Waals surface area contributed by atoms with Gasteiger partial charge in [-0.25, -0.2) is 0 Å². The maximum atomic E-state index is 13.3. The van der Waals surface area contributed by atoms with E-state index in [2.05, 4.69) is 17.2 Å². The molecule has 1 aliphatic carbocycles. The standard InChI is InChI=1S/C27H20Cl2N2O/c28-24-9-5-4-8-23(24)27(14-15-27)17-20(11-10-19-6-2-1-3-7-19)26(32)31-22-13-12-21(18-30)25(29)16-22/h1-9,12-13,16,20H,14-15,17H2,(H,31,32). The summed E-state index contributed by atoms with van der Waals surface area (Å²) >= 11 is 12.6. The Morgan fingerprint density at radius 1 is 1.00 bits per heavy atom. The molecule has 32 heavy (non-hydrogen) atoms. The predicted molar refractivity (Wildman–Crippen MR) is 129 cm³/mol. The fourth-order valence-electron chi connectivity index (χ4n) is 3.83. The summed E-state index contributed by atoms with van der Waals surface area (Å²) in [6.07, 6.45) is 2.51. The molecule has 1 N–H and O–H groups in total. The molecule has 0 aromatic heterocycles. The van der Waals surface area contributed by atoms with Gasteiger partial charge in [0.25, 0.3) is 0 Å². The van der Waals surface area contributed by atoms with Gasteiger partial charge in [0.15, 0.2) is 0 Å². The Bertz CT molecular complexity index is 1250. The fraction of sp³-hybridized carbons (Fsp3) is 0.185. The molecule has 1 aliphatic rings. The molecule has 0 spiro atoms. The van der Waals surface area contributed by atoms with Crippen LogP contribution in [-0.4, -0.2) is 5.91 Å². The largest absolute Gasteiger partial charge is 0.325 e. The second-order valence-electron chi connectivity index (χ2n) is 7.95. The van der Waals surface area contributed by atoms with Gasteiger partial charge in [0, 0.05) is 16.3 Å². The quantitative estimate of drug-likeness (QED) is 0.438. The zero-order chi connectivity index (χ0) is 22.6. The summed E-state index contributed by atoms with van der Waals surface area (Å²) in [4.78, 5) is 13.3. The van der Waals surface area contributed by atoms with Gasteiger partial charge >= 0.3 is 0 Å². The lowest BCUT2D eigenvalue weighted by atomic mass is 9.85. The second kappa shape index (κ2) is 9.49. The zero-order valence-electron chi connectivity index (χ0n) is 17.2. The Morgan fingerprint density at radius 3 is 2.38 bits per heavy atom. The van der Waals surface area contributed by atoms with Gasteiger partial charge in [-0.05, 0) is 66.6 Å². The average Bonchev–Trinajstić information content (AvgIpc) is 3.58. The third-order valence-electron chi connectivity index (χ3n) is 5.73. The number of nitriles is 1. The molecular weight excluding hydrogens is 439 g/mol. The maximum absolute atomic E-state index is 13.3. The normalized spacial score (nSPS) is 14.4. The van der Waals surface area contributed by atoms with Crippen molar-refractivity contribution in [1.82, 2.24) is 0 Å². The van der Waals surface area contributed by atoms with Crippen molar-refractivity contribution in [2.45, 2.75) is 24.7 Å². The lowest BCUT2D eigenvalue weighted by molar-refractivity contribution is -0.118. The van der Waals surface area contributed by atoms with E-state index in [4.69, 9.17) is 28.5 Å². The van der Waals surface area contributed by atoms with Gasteiger partial charge in [-0.3, -0.25) is 4.79 Å². The third kappa shape index (κ3) is 4.97. The minimum Gasteiger partial charge on any atom is -0.325 e. The molecule has 4 rings (SSSR count). The van der Waals surface area contributed by atoms with Crippen molar-refractivity contribution < 1.29 is 4.79 Å². The highest BCUT2D eigenvalue weighted by Crippen LogP contribution is 2.54. The van der Waals surface area contributed by atoms with E-state index in [1.165, 1.54) is 0 Å². The second-order valence-corrected chi connectivity index (χ2v) is 8.76. The molecule has 3 nitrogen and oxygen atoms in total. The van der Waals surface area contributed by atoms with E-state index >= 15 is 0 Å². The number of carbonyl (C=O) groups is 1. The fourth-order valence-corrected chi connectivity index (χ4v) is 4.39. The molecule has 1 saturated carbocycles. The maximum Gasteiger partial charge on any atom is 0.239 e. The number of halogens is 2. The van der Waals surface area contributed by atoms with Crippen LogP contribution in [0, 0.1) is 29.1 Å². The van der Waals surface area contributed by atoms with Crippen molar-refractivity contribution in [3.8, 4) is 17.9 Å². The first-order valence-electron chi connectivity index (χ1n) is 10.3. The summed E-state index contributed by atoms with van der Waals surface area (Å²) < 4.78 is 0. The molecular formula is C27H20Cl2N2O. The van der Waals surface area contributed by atoms with Crippen molar-refractivity contribution in [3.05, 3.63) is 99.5 Å². The van der Waals surface area contributed by atoms with Crippen LogP contribution in [0.25, 0.3) is 0 Å². The number of anilines is 1. The van der Waals surface area contributed by atoms with Crippen LogP contribution in [0.5, 0.6) is 0 Å². The van der Waals surface area contributed by atoms with E-state index in [9.17, 15) is 4.79 Å². The summed E-state index contributed by atoms with van der Waals surface area (Å²) in [5.74, 6) is 5.59. The van der Waals surface area contributed by atoms with Gasteiger partial charge in [-0.2, -0.15) is 5.26 Å². The molecule has 158 valence electrons. The molecule has 3 aromatic carbocycles. The molecule has 3 aromatic rings. The van der Waals surface area contributed by atoms with Crippen LogP contribution < -0.4 is 5.32 Å². The molecule has 1 unspecified atom stereocenters. The Hall–Kier alpha value is -3.24. The molecule has 0 saturated heterocycles. The van der Waals surface area contributed by atoms with Gasteiger partial charge in [0.2, 0.25) is 5.91 Å². The van der Waals surface area contributed by atoms with Crippen LogP contribution in [0.15, 0.2) is 72.8 Å². The molecule has 0 bridgehead atoms. The van der Waals surface area contributed by atoms with Gasteiger partial charge in [0.05, 0.1) is 10.6 Å². The Balaban J connectivity index is 1.61. The summed E-state index contributed by atoms with van der Waals surface area (Å²) in [5, 5.41) is 13.0. The molecule has 1 amide bonds. The number of nitrogens with zero attached hydrogens (tertiary/aromatic N) is 1. The van der Waals surface area contributed by atoms with Crippen LogP contribution in [0.1, 0.15) is 36.0 Å². The number of rotatable bonds is 5. The number of nitrogens with one attached hydrogen (secondary N) is 1. The van der Waals surface area contributed by atoms with E-state index in [0.717, 1.165) is 29.0 Å². The van der Waals surface area contributed by atoms with E-state index < -0.39 is 5.92 Å². The number of carbonyl (C=O) groups excluding carboxylic acids is 1. The Labute approximate surface area is 198 Å². The van der Waals surface area contributed by atoms with Crippen LogP contribution in [0.4, 0.5) is 5.69 Å². The van der Waals surface area contributed by atoms with Gasteiger partial charge < -0.3 is 5.32 Å². The zero-order valence-corrected chi connectivity index (χ0v) is 18.8. The van der Waals surface area contributed by atoms with E-state index in [1.54, 1.807) is 18.2 Å². The summed E-state index contributed by atoms with van der Waals surface area (Å²) in [7, 11) is 0. The Morgan fingerprint density at radius 2 is 1.72 bits per heavy atom. The minimum atomic E-state index is -0.539. The summed E-state index contributed by atoms with van der Waals surface area (Å²) in [5.41, 5.74) is 2.68. The number of hydrogen-bond donors (Lipinski definition) is 1. The smallest absolute Gasteiger partial charge is 0.239 e. The number of amides is 1. The number of benzene rings is 3. The Kier molecular flexibility index (Phi) is 6.52. The first kappa shape index (κ1) is 22.0. The van der Waals surface area contributed by atoms with Crippen molar-refractivity contribution in [1.29, 1.82) is 5.26 Å². The van der Waals surface area contributed by atoms with Crippen LogP contribution in [-0.2, 0) is 10.2 Å². The highest BCUT2D eigenvalue weighted by Gasteiger charge is 2.47. The molecule has 0 aliphatic heterocycles. The van der Waals surface area contributed by atoms with Crippen LogP contribution in [0.3, 0.4) is 0 Å². The molecule has 0 heterocycles. The van der Waals surface area contributed by atoms with Gasteiger partial charge in [-0.1, -0.05) is 71.4 Å². The SMILES string of the molecule is N#Cc1ccc(NC(=O)C(C#Cc2ccccc2)CC2(c3ccccc3Cl)CC2)cc1Cl. The van der Waals surface area contributed by atoms with Crippen LogP contribution in [0.2, 0.25) is 10.0 Å². The highest BCUT2D eigenvalue weighted by atomic mass is 35.5. The third-order valence-corrected chi connectivity index (χ3v) is 6.37. The summed E-state index contributed by atoms with van der Waals surface area (Å²) in [6.45, 7) is 0.